The van der Waals surface area contributed by atoms with Crippen molar-refractivity contribution in [2.24, 2.45) is 5.92 Å². The molecule has 0 amide bonds. The first kappa shape index (κ1) is 35.3. The fourth-order valence-corrected chi connectivity index (χ4v) is 7.47. The SMILES string of the molecule is Cc1cc(C(C)C)c(-c2cnn(-c3cc(Oc4ccc5c6ccccc6n(-c6cc(CC(C)C)ccn6)c5c4)cc(C(C)(C)C)c3)c2)c(C(C)C)c1. The normalized spacial score (nSPS) is 12.2. The molecule has 3 aromatic heterocycles. The molecule has 0 aliphatic rings. The Hall–Kier alpha value is -5.16. The van der Waals surface area contributed by atoms with Crippen LogP contribution in [0.5, 0.6) is 11.5 Å². The van der Waals surface area contributed by atoms with E-state index in [9.17, 15) is 0 Å². The van der Waals surface area contributed by atoms with E-state index in [2.05, 4.69) is 165 Å². The summed E-state index contributed by atoms with van der Waals surface area (Å²) in [6, 6.07) is 30.5. The highest BCUT2D eigenvalue weighted by Crippen LogP contribution is 2.39. The molecule has 0 unspecified atom stereocenters. The van der Waals surface area contributed by atoms with E-state index in [1.54, 1.807) is 0 Å². The first-order chi connectivity index (χ1) is 24.8. The van der Waals surface area contributed by atoms with Gasteiger partial charge in [0.25, 0.3) is 0 Å². The number of fused-ring (bicyclic) bond motifs is 3. The average Bonchev–Trinajstić information content (AvgIpc) is 3.70. The molecular weight excluding hydrogens is 637 g/mol. The number of aromatic nitrogens is 4. The minimum absolute atomic E-state index is 0.0975. The second kappa shape index (κ2) is 13.8. The Bertz CT molecular complexity index is 2370. The van der Waals surface area contributed by atoms with Crippen LogP contribution < -0.4 is 4.74 Å². The van der Waals surface area contributed by atoms with E-state index in [-0.39, 0.29) is 5.41 Å². The summed E-state index contributed by atoms with van der Waals surface area (Å²) in [6.45, 7) is 22.5. The molecule has 4 aromatic carbocycles. The highest BCUT2D eigenvalue weighted by molar-refractivity contribution is 6.09. The van der Waals surface area contributed by atoms with Gasteiger partial charge < -0.3 is 4.74 Å². The van der Waals surface area contributed by atoms with Crippen molar-refractivity contribution in [2.45, 2.75) is 92.9 Å². The van der Waals surface area contributed by atoms with Crippen molar-refractivity contribution in [3.63, 3.8) is 0 Å². The van der Waals surface area contributed by atoms with E-state index in [1.807, 2.05) is 17.1 Å². The van der Waals surface area contributed by atoms with Crippen LogP contribution in [-0.2, 0) is 11.8 Å². The number of aryl methyl sites for hydroxylation is 1. The van der Waals surface area contributed by atoms with Crippen LogP contribution in [0, 0.1) is 12.8 Å². The van der Waals surface area contributed by atoms with Gasteiger partial charge in [-0.2, -0.15) is 5.10 Å². The molecule has 0 fully saturated rings. The van der Waals surface area contributed by atoms with Crippen LogP contribution in [0.15, 0.2) is 104 Å². The molecule has 5 nitrogen and oxygen atoms in total. The lowest BCUT2D eigenvalue weighted by Crippen LogP contribution is -2.12. The number of pyridine rings is 1. The second-order valence-corrected chi connectivity index (χ2v) is 16.5. The maximum Gasteiger partial charge on any atom is 0.137 e. The van der Waals surface area contributed by atoms with Crippen molar-refractivity contribution >= 4 is 21.8 Å². The molecule has 0 radical (unpaired) electrons. The number of ether oxygens (including phenoxy) is 1. The van der Waals surface area contributed by atoms with Crippen molar-refractivity contribution in [1.29, 1.82) is 0 Å². The Morgan fingerprint density at radius 1 is 0.731 bits per heavy atom. The molecule has 52 heavy (non-hydrogen) atoms. The molecule has 0 aliphatic heterocycles. The van der Waals surface area contributed by atoms with Crippen LogP contribution in [0.25, 0.3) is 44.4 Å². The molecule has 266 valence electrons. The smallest absolute Gasteiger partial charge is 0.137 e. The van der Waals surface area contributed by atoms with Crippen LogP contribution >= 0.6 is 0 Å². The summed E-state index contributed by atoms with van der Waals surface area (Å²) in [5.41, 5.74) is 12.0. The lowest BCUT2D eigenvalue weighted by Gasteiger charge is -2.21. The lowest BCUT2D eigenvalue weighted by atomic mass is 9.84. The minimum Gasteiger partial charge on any atom is -0.457 e. The molecule has 0 saturated carbocycles. The Kier molecular flexibility index (Phi) is 9.33. The molecule has 7 aromatic rings. The van der Waals surface area contributed by atoms with Crippen LogP contribution in [0.1, 0.15) is 102 Å². The predicted molar refractivity (Wildman–Crippen MR) is 218 cm³/mol. The van der Waals surface area contributed by atoms with Gasteiger partial charge >= 0.3 is 0 Å². The van der Waals surface area contributed by atoms with Crippen LogP contribution in [-0.4, -0.2) is 19.3 Å². The zero-order valence-corrected chi connectivity index (χ0v) is 32.5. The molecule has 0 atom stereocenters. The van der Waals surface area contributed by atoms with Crippen LogP contribution in [0.4, 0.5) is 0 Å². The fraction of sp³-hybridized carbons (Fsp3) is 0.319. The Labute approximate surface area is 309 Å². The van der Waals surface area contributed by atoms with E-state index in [0.29, 0.717) is 17.8 Å². The van der Waals surface area contributed by atoms with Gasteiger partial charge in [-0.25, -0.2) is 9.67 Å². The summed E-state index contributed by atoms with van der Waals surface area (Å²) in [5, 5.41) is 7.31. The predicted octanol–water partition coefficient (Wildman–Crippen LogP) is 12.9. The highest BCUT2D eigenvalue weighted by atomic mass is 16.5. The zero-order valence-electron chi connectivity index (χ0n) is 32.5. The van der Waals surface area contributed by atoms with E-state index in [4.69, 9.17) is 14.8 Å². The fourth-order valence-electron chi connectivity index (χ4n) is 7.47. The summed E-state index contributed by atoms with van der Waals surface area (Å²) in [6.07, 6.45) is 7.14. The summed E-state index contributed by atoms with van der Waals surface area (Å²) in [4.78, 5) is 4.86. The maximum absolute atomic E-state index is 6.78. The molecule has 0 aliphatic carbocycles. The largest absolute Gasteiger partial charge is 0.457 e. The van der Waals surface area contributed by atoms with E-state index in [1.165, 1.54) is 44.2 Å². The van der Waals surface area contributed by atoms with Gasteiger partial charge in [-0.15, -0.1) is 0 Å². The molecule has 0 saturated heterocycles. The monoisotopic (exact) mass is 688 g/mol. The van der Waals surface area contributed by atoms with Gasteiger partial charge in [0, 0.05) is 40.9 Å². The number of para-hydroxylation sites is 1. The number of hydrogen-bond donors (Lipinski definition) is 0. The van der Waals surface area contributed by atoms with Gasteiger partial charge in [-0.1, -0.05) is 98.2 Å². The van der Waals surface area contributed by atoms with Crippen molar-refractivity contribution in [3.8, 4) is 34.1 Å². The minimum atomic E-state index is -0.0975. The topological polar surface area (TPSA) is 44.9 Å². The van der Waals surface area contributed by atoms with E-state index < -0.39 is 0 Å². The van der Waals surface area contributed by atoms with Crippen molar-refractivity contribution < 1.29 is 4.74 Å². The van der Waals surface area contributed by atoms with E-state index >= 15 is 0 Å². The van der Waals surface area contributed by atoms with Gasteiger partial charge in [0.1, 0.15) is 17.3 Å². The molecule has 7 rings (SSSR count). The average molecular weight is 689 g/mol. The van der Waals surface area contributed by atoms with Crippen LogP contribution in [0.3, 0.4) is 0 Å². The molecule has 0 N–H and O–H groups in total. The standard InChI is InChI=1S/C47H52N4O/c1-29(2)19-33-17-18-48-45(22-33)51-43-14-12-11-13-39(43)40-16-15-37(26-44(40)51)52-38-24-35(47(8,9)10)23-36(25-38)50-28-34(27-49-50)46-41(30(3)4)20-32(7)21-42(46)31(5)6/h11-18,20-31H,19H2,1-10H3. The third-order valence-electron chi connectivity index (χ3n) is 10.0. The Balaban J connectivity index is 1.32. The Morgan fingerprint density at radius 3 is 2.13 bits per heavy atom. The van der Waals surface area contributed by atoms with Gasteiger partial charge in [0.15, 0.2) is 0 Å². The highest BCUT2D eigenvalue weighted by Gasteiger charge is 2.21. The van der Waals surface area contributed by atoms with Crippen LogP contribution in [0.2, 0.25) is 0 Å². The Morgan fingerprint density at radius 2 is 1.44 bits per heavy atom. The first-order valence-corrected chi connectivity index (χ1v) is 18.8. The second-order valence-electron chi connectivity index (χ2n) is 16.5. The number of nitrogens with zero attached hydrogens (tertiary/aromatic N) is 4. The van der Waals surface area contributed by atoms with Crippen molar-refractivity contribution in [1.82, 2.24) is 19.3 Å². The molecule has 0 bridgehead atoms. The number of hydrogen-bond acceptors (Lipinski definition) is 3. The summed E-state index contributed by atoms with van der Waals surface area (Å²) >= 11 is 0. The number of rotatable bonds is 9. The lowest BCUT2D eigenvalue weighted by molar-refractivity contribution is 0.478. The van der Waals surface area contributed by atoms with Gasteiger partial charge in [0.2, 0.25) is 0 Å². The zero-order chi connectivity index (χ0) is 36.9. The summed E-state index contributed by atoms with van der Waals surface area (Å²) < 4.78 is 11.1. The summed E-state index contributed by atoms with van der Waals surface area (Å²) in [7, 11) is 0. The van der Waals surface area contributed by atoms with Crippen molar-refractivity contribution in [2.75, 3.05) is 0 Å². The molecular formula is C47H52N4O. The van der Waals surface area contributed by atoms with Gasteiger partial charge in [-0.05, 0) is 107 Å². The summed E-state index contributed by atoms with van der Waals surface area (Å²) in [5.74, 6) is 3.83. The maximum atomic E-state index is 6.78. The first-order valence-electron chi connectivity index (χ1n) is 18.8. The number of benzene rings is 4. The quantitative estimate of drug-likeness (QED) is 0.152. The molecule has 5 heteroatoms. The molecule has 0 spiro atoms. The van der Waals surface area contributed by atoms with Crippen molar-refractivity contribution in [3.05, 3.63) is 131 Å². The van der Waals surface area contributed by atoms with Gasteiger partial charge in [0.05, 0.1) is 22.9 Å². The van der Waals surface area contributed by atoms with E-state index in [0.717, 1.165) is 46.0 Å². The third-order valence-corrected chi connectivity index (χ3v) is 10.0. The molecule has 3 heterocycles. The third kappa shape index (κ3) is 6.89. The van der Waals surface area contributed by atoms with Gasteiger partial charge in [-0.3, -0.25) is 4.57 Å².